The van der Waals surface area contributed by atoms with Crippen LogP contribution in [0.25, 0.3) is 11.1 Å². The van der Waals surface area contributed by atoms with E-state index in [0.29, 0.717) is 16.7 Å². The summed E-state index contributed by atoms with van der Waals surface area (Å²) in [6, 6.07) is 5.55. The van der Waals surface area contributed by atoms with Gasteiger partial charge in [-0.3, -0.25) is 9.78 Å². The van der Waals surface area contributed by atoms with Gasteiger partial charge in [0.25, 0.3) is 5.91 Å². The summed E-state index contributed by atoms with van der Waals surface area (Å²) >= 11 is 0. The molecule has 2 heterocycles. The molecule has 0 bridgehead atoms. The molecule has 2 aromatic rings. The molecule has 174 valence electrons. The maximum atomic E-state index is 13.8. The van der Waals surface area contributed by atoms with Gasteiger partial charge in [-0.25, -0.2) is 4.39 Å². The summed E-state index contributed by atoms with van der Waals surface area (Å²) in [5, 5.41) is 0. The minimum absolute atomic E-state index is 0.325. The van der Waals surface area contributed by atoms with Crippen LogP contribution in [0.5, 0.6) is 0 Å². The SMILES string of the molecule is CC1(C)O[C@H](c2ccc(-c3ccc(C(N)C(F)(F)F)nc3)cc2)[C@@H](CF)N1C(=O)C(F)F. The molecule has 0 spiro atoms. The van der Waals surface area contributed by atoms with Crippen molar-refractivity contribution in [1.82, 2.24) is 9.88 Å². The predicted molar refractivity (Wildman–Crippen MR) is 103 cm³/mol. The molecular weight excluding hydrogens is 440 g/mol. The van der Waals surface area contributed by atoms with Crippen LogP contribution in [0.3, 0.4) is 0 Å². The first-order valence-corrected chi connectivity index (χ1v) is 9.60. The van der Waals surface area contributed by atoms with E-state index in [1.807, 2.05) is 0 Å². The zero-order valence-electron chi connectivity index (χ0n) is 17.1. The number of carbonyl (C=O) groups excluding carboxylic acids is 1. The number of nitrogens with zero attached hydrogens (tertiary/aromatic N) is 2. The number of halogens is 6. The molecule has 3 atom stereocenters. The lowest BCUT2D eigenvalue weighted by atomic mass is 9.99. The largest absolute Gasteiger partial charge is 0.409 e. The molecule has 3 rings (SSSR count). The Kier molecular flexibility index (Phi) is 6.52. The second kappa shape index (κ2) is 8.70. The molecule has 0 radical (unpaired) electrons. The van der Waals surface area contributed by atoms with E-state index in [-0.39, 0.29) is 5.69 Å². The molecule has 1 aromatic carbocycles. The van der Waals surface area contributed by atoms with E-state index in [1.165, 1.54) is 32.2 Å². The Morgan fingerprint density at radius 3 is 2.22 bits per heavy atom. The van der Waals surface area contributed by atoms with Crippen LogP contribution in [0.15, 0.2) is 42.6 Å². The minimum atomic E-state index is -4.61. The molecule has 1 unspecified atom stereocenters. The number of nitrogens with two attached hydrogens (primary N) is 1. The van der Waals surface area contributed by atoms with Crippen molar-refractivity contribution < 1.29 is 35.9 Å². The predicted octanol–water partition coefficient (Wildman–Crippen LogP) is 4.55. The van der Waals surface area contributed by atoms with Crippen molar-refractivity contribution in [3.8, 4) is 11.1 Å². The first kappa shape index (κ1) is 24.0. The second-order valence-corrected chi connectivity index (χ2v) is 7.83. The van der Waals surface area contributed by atoms with Crippen LogP contribution in [0.1, 0.15) is 37.3 Å². The van der Waals surface area contributed by atoms with Gasteiger partial charge in [-0.2, -0.15) is 22.0 Å². The van der Waals surface area contributed by atoms with E-state index in [0.717, 1.165) is 4.90 Å². The number of rotatable bonds is 5. The number of ether oxygens (including phenoxy) is 1. The van der Waals surface area contributed by atoms with Crippen LogP contribution in [-0.2, 0) is 9.53 Å². The summed E-state index contributed by atoms with van der Waals surface area (Å²) in [5.74, 6) is -1.51. The molecular formula is C21H21F6N3O2. The summed E-state index contributed by atoms with van der Waals surface area (Å²) in [6.45, 7) is 1.73. The molecule has 1 aromatic heterocycles. The molecule has 0 aliphatic carbocycles. The van der Waals surface area contributed by atoms with Gasteiger partial charge in [0.05, 0.1) is 11.7 Å². The van der Waals surface area contributed by atoms with E-state index < -0.39 is 49.1 Å². The lowest BCUT2D eigenvalue weighted by Crippen LogP contribution is -2.51. The molecule has 5 nitrogen and oxygen atoms in total. The standard InChI is InChI=1S/C21H21F6N3O2/c1-20(2)30(19(31)18(23)24)15(9-22)16(32-20)12-5-3-11(4-6-12)13-7-8-14(29-10-13)17(28)21(25,26)27/h3-8,10,15-18H,9,28H2,1-2H3/t15-,16-,17?/m1/s1. The summed E-state index contributed by atoms with van der Waals surface area (Å²) < 4.78 is 83.7. The zero-order chi connectivity index (χ0) is 23.8. The van der Waals surface area contributed by atoms with Crippen molar-refractivity contribution >= 4 is 5.91 Å². The van der Waals surface area contributed by atoms with E-state index in [2.05, 4.69) is 4.98 Å². The smallest absolute Gasteiger partial charge is 0.346 e. The maximum absolute atomic E-state index is 13.8. The Hall–Kier alpha value is -2.66. The van der Waals surface area contributed by atoms with Crippen LogP contribution in [0, 0.1) is 0 Å². The van der Waals surface area contributed by atoms with E-state index in [4.69, 9.17) is 10.5 Å². The van der Waals surface area contributed by atoms with Gasteiger partial charge in [-0.15, -0.1) is 0 Å². The molecule has 1 saturated heterocycles. The Balaban J connectivity index is 1.83. The monoisotopic (exact) mass is 461 g/mol. The van der Waals surface area contributed by atoms with Crippen LogP contribution >= 0.6 is 0 Å². The summed E-state index contributed by atoms with van der Waals surface area (Å²) in [6.07, 6.45) is -7.64. The minimum Gasteiger partial charge on any atom is -0.346 e. The maximum Gasteiger partial charge on any atom is 0.409 e. The molecule has 1 amide bonds. The number of amides is 1. The van der Waals surface area contributed by atoms with E-state index >= 15 is 0 Å². The van der Waals surface area contributed by atoms with Crippen LogP contribution in [0.4, 0.5) is 26.3 Å². The average molecular weight is 461 g/mol. The molecule has 0 saturated carbocycles. The van der Waals surface area contributed by atoms with Crippen molar-refractivity contribution in [3.63, 3.8) is 0 Å². The van der Waals surface area contributed by atoms with E-state index in [9.17, 15) is 31.1 Å². The molecule has 1 aliphatic rings. The average Bonchev–Trinajstić information content (AvgIpc) is 3.02. The van der Waals surface area contributed by atoms with Crippen molar-refractivity contribution in [2.24, 2.45) is 5.73 Å². The van der Waals surface area contributed by atoms with Gasteiger partial charge in [0, 0.05) is 11.8 Å². The zero-order valence-corrected chi connectivity index (χ0v) is 17.1. The third-order valence-corrected chi connectivity index (χ3v) is 5.29. The van der Waals surface area contributed by atoms with Gasteiger partial charge in [0.1, 0.15) is 24.5 Å². The van der Waals surface area contributed by atoms with Crippen LogP contribution in [0.2, 0.25) is 0 Å². The number of hydrogen-bond donors (Lipinski definition) is 1. The van der Waals surface area contributed by atoms with Crippen molar-refractivity contribution in [2.45, 2.75) is 50.4 Å². The number of pyridine rings is 1. The Bertz CT molecular complexity index is 948. The lowest BCUT2D eigenvalue weighted by molar-refractivity contribution is -0.159. The van der Waals surface area contributed by atoms with Gasteiger partial charge < -0.3 is 15.4 Å². The first-order valence-electron chi connectivity index (χ1n) is 9.60. The van der Waals surface area contributed by atoms with Crippen molar-refractivity contribution in [1.29, 1.82) is 0 Å². The normalized spacial score (nSPS) is 21.8. The summed E-state index contributed by atoms with van der Waals surface area (Å²) in [5.41, 5.74) is 4.95. The van der Waals surface area contributed by atoms with Crippen LogP contribution < -0.4 is 5.73 Å². The highest BCUT2D eigenvalue weighted by Crippen LogP contribution is 2.42. The molecule has 2 N–H and O–H groups in total. The molecule has 11 heteroatoms. The number of alkyl halides is 6. The van der Waals surface area contributed by atoms with Crippen LogP contribution in [-0.4, -0.2) is 46.8 Å². The fraction of sp³-hybridized carbons (Fsp3) is 0.429. The number of benzene rings is 1. The lowest BCUT2D eigenvalue weighted by Gasteiger charge is -2.32. The highest BCUT2D eigenvalue weighted by Gasteiger charge is 2.52. The summed E-state index contributed by atoms with van der Waals surface area (Å²) in [4.78, 5) is 16.4. The molecule has 32 heavy (non-hydrogen) atoms. The number of hydrogen-bond acceptors (Lipinski definition) is 4. The topological polar surface area (TPSA) is 68.5 Å². The van der Waals surface area contributed by atoms with Crippen molar-refractivity contribution in [2.75, 3.05) is 6.67 Å². The fourth-order valence-electron chi connectivity index (χ4n) is 3.75. The first-order chi connectivity index (χ1) is 14.9. The third-order valence-electron chi connectivity index (χ3n) is 5.29. The highest BCUT2D eigenvalue weighted by atomic mass is 19.4. The molecule has 1 aliphatic heterocycles. The Labute approximate surface area is 180 Å². The van der Waals surface area contributed by atoms with Gasteiger partial charge in [-0.1, -0.05) is 30.3 Å². The Morgan fingerprint density at radius 1 is 1.16 bits per heavy atom. The number of carbonyl (C=O) groups is 1. The quantitative estimate of drug-likeness (QED) is 0.664. The highest BCUT2D eigenvalue weighted by molar-refractivity contribution is 5.80. The molecule has 1 fully saturated rings. The fourth-order valence-corrected chi connectivity index (χ4v) is 3.75. The number of aromatic nitrogens is 1. The van der Waals surface area contributed by atoms with Gasteiger partial charge in [0.15, 0.2) is 0 Å². The van der Waals surface area contributed by atoms with E-state index in [1.54, 1.807) is 24.3 Å². The van der Waals surface area contributed by atoms with Gasteiger partial charge >= 0.3 is 12.6 Å². The van der Waals surface area contributed by atoms with Gasteiger partial charge in [-0.05, 0) is 31.0 Å². The summed E-state index contributed by atoms with van der Waals surface area (Å²) in [7, 11) is 0. The third kappa shape index (κ3) is 4.58. The van der Waals surface area contributed by atoms with Crippen molar-refractivity contribution in [3.05, 3.63) is 53.9 Å². The Morgan fingerprint density at radius 2 is 1.75 bits per heavy atom. The van der Waals surface area contributed by atoms with Gasteiger partial charge in [0.2, 0.25) is 0 Å². The second-order valence-electron chi connectivity index (χ2n) is 7.83.